The second-order valence-corrected chi connectivity index (χ2v) is 3.32. The van der Waals surface area contributed by atoms with Crippen molar-refractivity contribution in [3.63, 3.8) is 0 Å². The Labute approximate surface area is 73.5 Å². The van der Waals surface area contributed by atoms with Crippen molar-refractivity contribution in [2.45, 2.75) is 26.3 Å². The Hall–Kier alpha value is -0.410. The molecule has 1 N–H and O–H groups in total. The van der Waals surface area contributed by atoms with E-state index in [9.17, 15) is 4.79 Å². The SMILES string of the molecule is CCCNC1COCC1C(C)=O. The third-order valence-electron chi connectivity index (χ3n) is 2.26. The molecule has 1 rings (SSSR count). The second kappa shape index (κ2) is 4.58. The number of ketones is 1. The molecule has 1 heterocycles. The van der Waals surface area contributed by atoms with E-state index in [1.807, 2.05) is 0 Å². The van der Waals surface area contributed by atoms with Gasteiger partial charge in [0.1, 0.15) is 5.78 Å². The molecule has 70 valence electrons. The van der Waals surface area contributed by atoms with Gasteiger partial charge in [-0.25, -0.2) is 0 Å². The molecular weight excluding hydrogens is 154 g/mol. The maximum Gasteiger partial charge on any atom is 0.136 e. The number of nitrogens with one attached hydrogen (secondary N) is 1. The van der Waals surface area contributed by atoms with Crippen molar-refractivity contribution in [1.82, 2.24) is 5.32 Å². The summed E-state index contributed by atoms with van der Waals surface area (Å²) in [4.78, 5) is 11.1. The second-order valence-electron chi connectivity index (χ2n) is 3.32. The van der Waals surface area contributed by atoms with Crippen LogP contribution in [0.3, 0.4) is 0 Å². The Kier molecular flexibility index (Phi) is 3.69. The molecule has 0 saturated carbocycles. The zero-order valence-electron chi connectivity index (χ0n) is 7.80. The van der Waals surface area contributed by atoms with Crippen LogP contribution in [0.1, 0.15) is 20.3 Å². The molecule has 0 radical (unpaired) electrons. The molecular formula is C9H17NO2. The molecule has 1 saturated heterocycles. The summed E-state index contributed by atoms with van der Waals surface area (Å²) in [6.45, 7) is 6.00. The average Bonchev–Trinajstić information content (AvgIpc) is 2.48. The minimum Gasteiger partial charge on any atom is -0.379 e. The molecule has 0 aromatic heterocycles. The van der Waals surface area contributed by atoms with Crippen LogP contribution in [0.15, 0.2) is 0 Å². The molecule has 3 nitrogen and oxygen atoms in total. The zero-order valence-corrected chi connectivity index (χ0v) is 7.80. The van der Waals surface area contributed by atoms with Crippen LogP contribution >= 0.6 is 0 Å². The number of ether oxygens (including phenoxy) is 1. The summed E-state index contributed by atoms with van der Waals surface area (Å²) in [6, 6.07) is 0.252. The van der Waals surface area contributed by atoms with E-state index >= 15 is 0 Å². The van der Waals surface area contributed by atoms with Crippen LogP contribution in [0.4, 0.5) is 0 Å². The van der Waals surface area contributed by atoms with Gasteiger partial charge in [-0.15, -0.1) is 0 Å². The quantitative estimate of drug-likeness (QED) is 0.672. The predicted molar refractivity (Wildman–Crippen MR) is 47.1 cm³/mol. The normalized spacial score (nSPS) is 29.2. The third kappa shape index (κ3) is 2.29. The van der Waals surface area contributed by atoms with Gasteiger partial charge >= 0.3 is 0 Å². The van der Waals surface area contributed by atoms with Gasteiger partial charge < -0.3 is 10.1 Å². The van der Waals surface area contributed by atoms with Gasteiger partial charge in [-0.3, -0.25) is 4.79 Å². The van der Waals surface area contributed by atoms with Crippen LogP contribution in [0, 0.1) is 5.92 Å². The third-order valence-corrected chi connectivity index (χ3v) is 2.26. The van der Waals surface area contributed by atoms with Crippen molar-refractivity contribution in [3.05, 3.63) is 0 Å². The van der Waals surface area contributed by atoms with Gasteiger partial charge in [0, 0.05) is 6.04 Å². The van der Waals surface area contributed by atoms with Gasteiger partial charge in [0.25, 0.3) is 0 Å². The van der Waals surface area contributed by atoms with E-state index in [1.165, 1.54) is 0 Å². The number of carbonyl (C=O) groups excluding carboxylic acids is 1. The fourth-order valence-electron chi connectivity index (χ4n) is 1.49. The fraction of sp³-hybridized carbons (Fsp3) is 0.889. The Morgan fingerprint density at radius 3 is 2.92 bits per heavy atom. The van der Waals surface area contributed by atoms with Crippen molar-refractivity contribution in [2.24, 2.45) is 5.92 Å². The fourth-order valence-corrected chi connectivity index (χ4v) is 1.49. The van der Waals surface area contributed by atoms with E-state index in [1.54, 1.807) is 6.92 Å². The Morgan fingerprint density at radius 1 is 1.58 bits per heavy atom. The van der Waals surface area contributed by atoms with Crippen molar-refractivity contribution in [3.8, 4) is 0 Å². The molecule has 2 atom stereocenters. The van der Waals surface area contributed by atoms with Gasteiger partial charge in [0.15, 0.2) is 0 Å². The van der Waals surface area contributed by atoms with Gasteiger partial charge in [-0.2, -0.15) is 0 Å². The first kappa shape index (κ1) is 9.68. The molecule has 0 aromatic carbocycles. The monoisotopic (exact) mass is 171 g/mol. The average molecular weight is 171 g/mol. The summed E-state index contributed by atoms with van der Waals surface area (Å²) >= 11 is 0. The Balaban J connectivity index is 2.35. The van der Waals surface area contributed by atoms with Gasteiger partial charge in [0.2, 0.25) is 0 Å². The first-order chi connectivity index (χ1) is 5.75. The lowest BCUT2D eigenvalue weighted by Crippen LogP contribution is -2.38. The summed E-state index contributed by atoms with van der Waals surface area (Å²) in [7, 11) is 0. The van der Waals surface area contributed by atoms with Crippen LogP contribution in [0.2, 0.25) is 0 Å². The van der Waals surface area contributed by atoms with Crippen LogP contribution in [0.25, 0.3) is 0 Å². The Morgan fingerprint density at radius 2 is 2.33 bits per heavy atom. The molecule has 2 unspecified atom stereocenters. The number of Topliss-reactive ketones (excluding diaryl/α,β-unsaturated/α-hetero) is 1. The summed E-state index contributed by atoms with van der Waals surface area (Å²) in [5.74, 6) is 0.317. The summed E-state index contributed by atoms with van der Waals surface area (Å²) < 4.78 is 5.24. The molecule has 3 heteroatoms. The molecule has 0 amide bonds. The van der Waals surface area contributed by atoms with Gasteiger partial charge in [-0.1, -0.05) is 6.92 Å². The summed E-state index contributed by atoms with van der Waals surface area (Å²) in [6.07, 6.45) is 1.10. The molecule has 1 fully saturated rings. The minimum atomic E-state index is 0.0801. The largest absolute Gasteiger partial charge is 0.379 e. The lowest BCUT2D eigenvalue weighted by Gasteiger charge is -2.15. The number of carbonyl (C=O) groups is 1. The lowest BCUT2D eigenvalue weighted by molar-refractivity contribution is -0.121. The molecule has 0 aromatic rings. The molecule has 12 heavy (non-hydrogen) atoms. The maximum absolute atomic E-state index is 11.1. The molecule has 0 bridgehead atoms. The van der Waals surface area contributed by atoms with Crippen molar-refractivity contribution < 1.29 is 9.53 Å². The first-order valence-corrected chi connectivity index (χ1v) is 4.57. The van der Waals surface area contributed by atoms with Gasteiger partial charge in [0.05, 0.1) is 19.1 Å². The van der Waals surface area contributed by atoms with E-state index < -0.39 is 0 Å². The highest BCUT2D eigenvalue weighted by Crippen LogP contribution is 2.14. The van der Waals surface area contributed by atoms with Crippen LogP contribution in [-0.2, 0) is 9.53 Å². The van der Waals surface area contributed by atoms with E-state index in [0.29, 0.717) is 13.2 Å². The number of hydrogen-bond donors (Lipinski definition) is 1. The number of rotatable bonds is 4. The number of hydrogen-bond acceptors (Lipinski definition) is 3. The highest BCUT2D eigenvalue weighted by atomic mass is 16.5. The van der Waals surface area contributed by atoms with E-state index in [2.05, 4.69) is 12.2 Å². The van der Waals surface area contributed by atoms with E-state index in [4.69, 9.17) is 4.74 Å². The van der Waals surface area contributed by atoms with Crippen molar-refractivity contribution >= 4 is 5.78 Å². The van der Waals surface area contributed by atoms with E-state index in [-0.39, 0.29) is 17.7 Å². The van der Waals surface area contributed by atoms with Crippen molar-refractivity contribution in [2.75, 3.05) is 19.8 Å². The van der Waals surface area contributed by atoms with Crippen LogP contribution in [-0.4, -0.2) is 31.6 Å². The topological polar surface area (TPSA) is 38.3 Å². The maximum atomic E-state index is 11.1. The Bertz CT molecular complexity index is 159. The molecule has 0 aliphatic carbocycles. The summed E-state index contributed by atoms with van der Waals surface area (Å²) in [5, 5.41) is 3.32. The standard InChI is InChI=1S/C9H17NO2/c1-3-4-10-9-6-12-5-8(9)7(2)11/h8-10H,3-6H2,1-2H3. The van der Waals surface area contributed by atoms with E-state index in [0.717, 1.165) is 13.0 Å². The summed E-state index contributed by atoms with van der Waals surface area (Å²) in [5.41, 5.74) is 0. The highest BCUT2D eigenvalue weighted by molar-refractivity contribution is 5.79. The van der Waals surface area contributed by atoms with Gasteiger partial charge in [-0.05, 0) is 19.9 Å². The lowest BCUT2D eigenvalue weighted by atomic mass is 10.00. The molecule has 1 aliphatic heterocycles. The van der Waals surface area contributed by atoms with Crippen molar-refractivity contribution in [1.29, 1.82) is 0 Å². The predicted octanol–water partition coefficient (Wildman–Crippen LogP) is 0.590. The first-order valence-electron chi connectivity index (χ1n) is 4.57. The molecule has 1 aliphatic rings. The molecule has 0 spiro atoms. The van der Waals surface area contributed by atoms with Crippen LogP contribution < -0.4 is 5.32 Å². The van der Waals surface area contributed by atoms with Crippen LogP contribution in [0.5, 0.6) is 0 Å². The zero-order chi connectivity index (χ0) is 8.97. The smallest absolute Gasteiger partial charge is 0.136 e. The highest BCUT2D eigenvalue weighted by Gasteiger charge is 2.30. The minimum absolute atomic E-state index is 0.0801.